The van der Waals surface area contributed by atoms with E-state index in [1.807, 2.05) is 30.3 Å². The van der Waals surface area contributed by atoms with Crippen molar-refractivity contribution in [3.63, 3.8) is 0 Å². The van der Waals surface area contributed by atoms with E-state index in [9.17, 15) is 9.18 Å². The third kappa shape index (κ3) is 4.73. The maximum absolute atomic E-state index is 13.5. The SMILES string of the molecule is Cc1nnnn1C(Cc1cccc(F)c1)C(=O)NCC(N)c1ccccc1. The van der Waals surface area contributed by atoms with Crippen molar-refractivity contribution in [2.45, 2.75) is 25.4 Å². The molecule has 27 heavy (non-hydrogen) atoms. The van der Waals surface area contributed by atoms with Gasteiger partial charge in [0, 0.05) is 19.0 Å². The van der Waals surface area contributed by atoms with Crippen LogP contribution in [0.1, 0.15) is 29.0 Å². The Morgan fingerprint density at radius 1 is 1.22 bits per heavy atom. The van der Waals surface area contributed by atoms with E-state index in [1.54, 1.807) is 19.1 Å². The van der Waals surface area contributed by atoms with Crippen molar-refractivity contribution in [2.75, 3.05) is 6.54 Å². The molecule has 2 unspecified atom stereocenters. The normalized spacial score (nSPS) is 13.1. The summed E-state index contributed by atoms with van der Waals surface area (Å²) in [6, 6.07) is 14.6. The van der Waals surface area contributed by atoms with Crippen LogP contribution in [0.3, 0.4) is 0 Å². The minimum Gasteiger partial charge on any atom is -0.352 e. The van der Waals surface area contributed by atoms with Gasteiger partial charge in [0.05, 0.1) is 0 Å². The van der Waals surface area contributed by atoms with Crippen molar-refractivity contribution >= 4 is 5.91 Å². The lowest BCUT2D eigenvalue weighted by atomic mass is 10.0. The van der Waals surface area contributed by atoms with Gasteiger partial charge in [0.25, 0.3) is 0 Å². The van der Waals surface area contributed by atoms with Crippen molar-refractivity contribution in [1.29, 1.82) is 0 Å². The summed E-state index contributed by atoms with van der Waals surface area (Å²) in [4.78, 5) is 12.8. The Bertz CT molecular complexity index is 898. The molecule has 0 saturated carbocycles. The molecule has 0 aliphatic heterocycles. The summed E-state index contributed by atoms with van der Waals surface area (Å²) in [5.74, 6) is -0.133. The number of aromatic nitrogens is 4. The number of benzene rings is 2. The molecular formula is C19H21FN6O. The molecule has 3 aromatic rings. The Morgan fingerprint density at radius 3 is 2.67 bits per heavy atom. The van der Waals surface area contributed by atoms with Crippen molar-refractivity contribution in [1.82, 2.24) is 25.5 Å². The minimum absolute atomic E-state index is 0.260. The summed E-state index contributed by atoms with van der Waals surface area (Å²) < 4.78 is 15.0. The number of carbonyl (C=O) groups is 1. The van der Waals surface area contributed by atoms with E-state index in [-0.39, 0.29) is 30.7 Å². The highest BCUT2D eigenvalue weighted by Gasteiger charge is 2.24. The zero-order valence-corrected chi connectivity index (χ0v) is 14.9. The van der Waals surface area contributed by atoms with E-state index in [4.69, 9.17) is 5.73 Å². The first-order valence-corrected chi connectivity index (χ1v) is 8.61. The molecule has 3 rings (SSSR count). The number of tetrazole rings is 1. The van der Waals surface area contributed by atoms with Crippen LogP contribution >= 0.6 is 0 Å². The Morgan fingerprint density at radius 2 is 2.00 bits per heavy atom. The molecule has 0 radical (unpaired) electrons. The molecule has 3 N–H and O–H groups in total. The number of hydrogen-bond acceptors (Lipinski definition) is 5. The highest BCUT2D eigenvalue weighted by Crippen LogP contribution is 2.16. The van der Waals surface area contributed by atoms with E-state index in [0.717, 1.165) is 5.56 Å². The van der Waals surface area contributed by atoms with E-state index >= 15 is 0 Å². The Labute approximate surface area is 156 Å². The first kappa shape index (κ1) is 18.7. The van der Waals surface area contributed by atoms with Crippen LogP contribution in [0.2, 0.25) is 0 Å². The van der Waals surface area contributed by atoms with Gasteiger partial charge >= 0.3 is 0 Å². The second-order valence-electron chi connectivity index (χ2n) is 6.28. The second kappa shape index (κ2) is 8.50. The van der Waals surface area contributed by atoms with Gasteiger partial charge in [-0.15, -0.1) is 5.10 Å². The van der Waals surface area contributed by atoms with E-state index in [0.29, 0.717) is 11.4 Å². The molecule has 2 aromatic carbocycles. The van der Waals surface area contributed by atoms with Gasteiger partial charge in [-0.05, 0) is 40.6 Å². The Hall–Kier alpha value is -3.13. The maximum Gasteiger partial charge on any atom is 0.245 e. The number of rotatable bonds is 7. The van der Waals surface area contributed by atoms with E-state index in [2.05, 4.69) is 20.8 Å². The van der Waals surface area contributed by atoms with Gasteiger partial charge in [0.15, 0.2) is 0 Å². The van der Waals surface area contributed by atoms with Crippen LogP contribution in [-0.2, 0) is 11.2 Å². The van der Waals surface area contributed by atoms with Crippen LogP contribution < -0.4 is 11.1 Å². The molecular weight excluding hydrogens is 347 g/mol. The maximum atomic E-state index is 13.5. The zero-order chi connectivity index (χ0) is 19.2. The number of hydrogen-bond donors (Lipinski definition) is 2. The topological polar surface area (TPSA) is 98.7 Å². The fourth-order valence-electron chi connectivity index (χ4n) is 2.85. The van der Waals surface area contributed by atoms with E-state index in [1.165, 1.54) is 16.8 Å². The second-order valence-corrected chi connectivity index (χ2v) is 6.28. The summed E-state index contributed by atoms with van der Waals surface area (Å²) in [6.45, 7) is 1.98. The largest absolute Gasteiger partial charge is 0.352 e. The first-order valence-electron chi connectivity index (χ1n) is 8.61. The van der Waals surface area contributed by atoms with Crippen LogP contribution in [0, 0.1) is 12.7 Å². The first-order chi connectivity index (χ1) is 13.0. The van der Waals surface area contributed by atoms with Gasteiger partial charge in [-0.3, -0.25) is 4.79 Å². The molecule has 1 aromatic heterocycles. The predicted octanol–water partition coefficient (Wildman–Crippen LogP) is 1.72. The average Bonchev–Trinajstić information content (AvgIpc) is 3.10. The number of nitrogens with zero attached hydrogens (tertiary/aromatic N) is 4. The number of halogens is 1. The highest BCUT2D eigenvalue weighted by molar-refractivity contribution is 5.80. The number of amides is 1. The molecule has 0 saturated heterocycles. The fourth-order valence-corrected chi connectivity index (χ4v) is 2.85. The summed E-state index contributed by atoms with van der Waals surface area (Å²) in [7, 11) is 0. The monoisotopic (exact) mass is 368 g/mol. The van der Waals surface area contributed by atoms with Crippen LogP contribution in [0.15, 0.2) is 54.6 Å². The number of aryl methyl sites for hydroxylation is 1. The third-order valence-electron chi connectivity index (χ3n) is 4.30. The van der Waals surface area contributed by atoms with Gasteiger partial charge in [0.1, 0.15) is 17.7 Å². The van der Waals surface area contributed by atoms with Crippen molar-refractivity contribution in [2.24, 2.45) is 5.73 Å². The quantitative estimate of drug-likeness (QED) is 0.662. The number of carbonyl (C=O) groups excluding carboxylic acids is 1. The standard InChI is InChI=1S/C19H21FN6O/c1-13-23-24-25-26(13)18(11-14-6-5-9-16(20)10-14)19(27)22-12-17(21)15-7-3-2-4-8-15/h2-10,17-18H,11-12,21H2,1H3,(H,22,27). The summed E-state index contributed by atoms with van der Waals surface area (Å²) in [6.07, 6.45) is 0.260. The predicted molar refractivity (Wildman–Crippen MR) is 98.1 cm³/mol. The number of nitrogens with one attached hydrogen (secondary N) is 1. The molecule has 7 nitrogen and oxygen atoms in total. The summed E-state index contributed by atoms with van der Waals surface area (Å²) in [5, 5.41) is 14.2. The molecule has 1 heterocycles. The number of nitrogens with two attached hydrogens (primary N) is 1. The summed E-state index contributed by atoms with van der Waals surface area (Å²) >= 11 is 0. The Balaban J connectivity index is 1.74. The van der Waals surface area contributed by atoms with Crippen molar-refractivity contribution in [3.05, 3.63) is 77.4 Å². The Kier molecular flexibility index (Phi) is 5.87. The van der Waals surface area contributed by atoms with Gasteiger partial charge in [-0.25, -0.2) is 9.07 Å². The van der Waals surface area contributed by atoms with Gasteiger partial charge < -0.3 is 11.1 Å². The van der Waals surface area contributed by atoms with Crippen LogP contribution in [0.4, 0.5) is 4.39 Å². The average molecular weight is 368 g/mol. The van der Waals surface area contributed by atoms with Gasteiger partial charge in [0.2, 0.25) is 5.91 Å². The van der Waals surface area contributed by atoms with Crippen molar-refractivity contribution in [3.8, 4) is 0 Å². The lowest BCUT2D eigenvalue weighted by Crippen LogP contribution is -2.38. The molecule has 0 aliphatic carbocycles. The third-order valence-corrected chi connectivity index (χ3v) is 4.30. The van der Waals surface area contributed by atoms with E-state index < -0.39 is 6.04 Å². The molecule has 0 bridgehead atoms. The highest BCUT2D eigenvalue weighted by atomic mass is 19.1. The molecule has 1 amide bonds. The van der Waals surface area contributed by atoms with Crippen LogP contribution in [0.5, 0.6) is 0 Å². The van der Waals surface area contributed by atoms with Crippen LogP contribution in [0.25, 0.3) is 0 Å². The zero-order valence-electron chi connectivity index (χ0n) is 14.9. The fraction of sp³-hybridized carbons (Fsp3) is 0.263. The van der Waals surface area contributed by atoms with Crippen molar-refractivity contribution < 1.29 is 9.18 Å². The lowest BCUT2D eigenvalue weighted by Gasteiger charge is -2.19. The molecule has 2 atom stereocenters. The summed E-state index contributed by atoms with van der Waals surface area (Å²) in [5.41, 5.74) is 7.76. The van der Waals surface area contributed by atoms with Gasteiger partial charge in [-0.1, -0.05) is 42.5 Å². The van der Waals surface area contributed by atoms with Gasteiger partial charge in [-0.2, -0.15) is 0 Å². The molecule has 140 valence electrons. The lowest BCUT2D eigenvalue weighted by molar-refractivity contribution is -0.124. The minimum atomic E-state index is -0.704. The van der Waals surface area contributed by atoms with Crippen LogP contribution in [-0.4, -0.2) is 32.7 Å². The molecule has 0 fully saturated rings. The molecule has 0 aliphatic rings. The molecule has 0 spiro atoms. The molecule has 8 heteroatoms. The smallest absolute Gasteiger partial charge is 0.245 e.